The van der Waals surface area contributed by atoms with Gasteiger partial charge in [0.1, 0.15) is 17.3 Å². The first-order chi connectivity index (χ1) is 24.7. The molecule has 1 unspecified atom stereocenters. The topological polar surface area (TPSA) is 44.9 Å². The molecule has 0 saturated carbocycles. The summed E-state index contributed by atoms with van der Waals surface area (Å²) in [5.41, 5.74) is 10.8. The van der Waals surface area contributed by atoms with Crippen molar-refractivity contribution in [2.24, 2.45) is 11.8 Å². The van der Waals surface area contributed by atoms with Gasteiger partial charge >= 0.3 is 0 Å². The molecule has 3 heterocycles. The average Bonchev–Trinajstić information content (AvgIpc) is 3.74. The van der Waals surface area contributed by atoms with E-state index in [9.17, 15) is 0 Å². The Morgan fingerprint density at radius 3 is 2.41 bits per heavy atom. The van der Waals surface area contributed by atoms with Gasteiger partial charge in [-0.15, -0.1) is 0 Å². The van der Waals surface area contributed by atoms with E-state index in [0.717, 1.165) is 65.3 Å². The molecule has 7 rings (SSSR count). The minimum atomic E-state index is 0.319. The van der Waals surface area contributed by atoms with Crippen LogP contribution in [-0.2, 0) is 12.8 Å². The summed E-state index contributed by atoms with van der Waals surface area (Å²) in [7, 11) is 0. The Morgan fingerprint density at radius 1 is 0.784 bits per heavy atom. The second kappa shape index (κ2) is 14.6. The van der Waals surface area contributed by atoms with Crippen LogP contribution in [0.3, 0.4) is 0 Å². The van der Waals surface area contributed by atoms with Crippen LogP contribution in [0.2, 0.25) is 0 Å². The molecule has 0 spiro atoms. The van der Waals surface area contributed by atoms with E-state index in [-0.39, 0.29) is 0 Å². The largest absolute Gasteiger partial charge is 0.457 e. The van der Waals surface area contributed by atoms with Crippen molar-refractivity contribution in [3.63, 3.8) is 0 Å². The Morgan fingerprint density at radius 2 is 1.61 bits per heavy atom. The smallest absolute Gasteiger partial charge is 0.137 e. The van der Waals surface area contributed by atoms with E-state index in [1.54, 1.807) is 0 Å². The highest BCUT2D eigenvalue weighted by molar-refractivity contribution is 6.09. The van der Waals surface area contributed by atoms with E-state index in [2.05, 4.69) is 150 Å². The number of para-hydroxylation sites is 1. The fraction of sp³-hybridized carbons (Fsp3) is 0.304. The minimum Gasteiger partial charge on any atom is -0.457 e. The molecule has 0 aliphatic rings. The number of aromatic nitrogens is 4. The summed E-state index contributed by atoms with van der Waals surface area (Å²) in [4.78, 5) is 4.86. The quantitative estimate of drug-likeness (QED) is 0.130. The van der Waals surface area contributed by atoms with Gasteiger partial charge in [0.15, 0.2) is 0 Å². The molecule has 5 heteroatoms. The first-order valence-electron chi connectivity index (χ1n) is 18.6. The van der Waals surface area contributed by atoms with Crippen LogP contribution in [0.1, 0.15) is 82.6 Å². The standard InChI is InChI=1S/C46H50N4O/c1-8-32(6)22-35-13-11-12-33(7)46(35)37-28-48-49(29-37)38-24-36(31(4)5)25-40(26-38)51-39-18-19-42-41-14-9-10-15-43(41)50(44(42)27-39)45-23-34(20-21-47-45)17-16-30(2)3/h9-15,18-21,23-32H,8,16-17,22H2,1-7H3. The van der Waals surface area contributed by atoms with Gasteiger partial charge in [-0.25, -0.2) is 9.67 Å². The molecule has 0 saturated heterocycles. The van der Waals surface area contributed by atoms with Gasteiger partial charge in [-0.05, 0) is 114 Å². The highest BCUT2D eigenvalue weighted by atomic mass is 16.5. The van der Waals surface area contributed by atoms with Gasteiger partial charge in [0.05, 0.1) is 22.9 Å². The fourth-order valence-electron chi connectivity index (χ4n) is 7.15. The summed E-state index contributed by atoms with van der Waals surface area (Å²) < 4.78 is 11.0. The zero-order valence-corrected chi connectivity index (χ0v) is 31.1. The summed E-state index contributed by atoms with van der Waals surface area (Å²) in [6.45, 7) is 15.8. The van der Waals surface area contributed by atoms with Gasteiger partial charge in [0, 0.05) is 40.9 Å². The van der Waals surface area contributed by atoms with Crippen molar-refractivity contribution >= 4 is 21.8 Å². The molecular weight excluding hydrogens is 625 g/mol. The Labute approximate surface area is 302 Å². The summed E-state index contributed by atoms with van der Waals surface area (Å²) in [5.74, 6) is 4.10. The Balaban J connectivity index is 1.26. The van der Waals surface area contributed by atoms with Gasteiger partial charge in [-0.3, -0.25) is 4.57 Å². The first-order valence-corrected chi connectivity index (χ1v) is 18.6. The lowest BCUT2D eigenvalue weighted by Crippen LogP contribution is -2.01. The van der Waals surface area contributed by atoms with Crippen molar-refractivity contribution in [3.8, 4) is 34.1 Å². The lowest BCUT2D eigenvalue weighted by Gasteiger charge is -2.15. The van der Waals surface area contributed by atoms with Crippen LogP contribution >= 0.6 is 0 Å². The van der Waals surface area contributed by atoms with Gasteiger partial charge in [-0.2, -0.15) is 5.10 Å². The molecule has 0 aliphatic heterocycles. The molecule has 3 aromatic heterocycles. The molecule has 1 atom stereocenters. The lowest BCUT2D eigenvalue weighted by atomic mass is 9.90. The number of benzene rings is 4. The Kier molecular flexibility index (Phi) is 9.82. The monoisotopic (exact) mass is 674 g/mol. The molecule has 0 fully saturated rings. The van der Waals surface area contributed by atoms with Crippen LogP contribution in [-0.4, -0.2) is 19.3 Å². The van der Waals surface area contributed by atoms with Gasteiger partial charge in [0.2, 0.25) is 0 Å². The van der Waals surface area contributed by atoms with Crippen molar-refractivity contribution in [2.45, 2.75) is 80.1 Å². The minimum absolute atomic E-state index is 0.319. The number of hydrogen-bond acceptors (Lipinski definition) is 3. The average molecular weight is 675 g/mol. The maximum absolute atomic E-state index is 6.73. The van der Waals surface area contributed by atoms with Gasteiger partial charge in [0.25, 0.3) is 0 Å². The molecule has 7 aromatic rings. The van der Waals surface area contributed by atoms with Crippen molar-refractivity contribution in [1.29, 1.82) is 0 Å². The van der Waals surface area contributed by atoms with Crippen molar-refractivity contribution in [1.82, 2.24) is 19.3 Å². The number of nitrogens with zero attached hydrogens (tertiary/aromatic N) is 4. The van der Waals surface area contributed by atoms with Gasteiger partial charge < -0.3 is 4.74 Å². The highest BCUT2D eigenvalue weighted by Gasteiger charge is 2.17. The maximum Gasteiger partial charge on any atom is 0.137 e. The van der Waals surface area contributed by atoms with Crippen LogP contribution in [0.5, 0.6) is 11.5 Å². The van der Waals surface area contributed by atoms with E-state index in [1.165, 1.54) is 38.6 Å². The summed E-state index contributed by atoms with van der Waals surface area (Å²) in [6.07, 6.45) is 10.5. The number of fused-ring (bicyclic) bond motifs is 3. The maximum atomic E-state index is 6.73. The van der Waals surface area contributed by atoms with Crippen LogP contribution in [0.4, 0.5) is 0 Å². The molecule has 4 aromatic carbocycles. The number of pyridine rings is 1. The van der Waals surface area contributed by atoms with Crippen LogP contribution in [0, 0.1) is 18.8 Å². The molecular formula is C46H50N4O. The molecule has 0 aliphatic carbocycles. The molecule has 0 N–H and O–H groups in total. The third-order valence-electron chi connectivity index (χ3n) is 10.3. The number of aryl methyl sites for hydroxylation is 2. The third kappa shape index (κ3) is 7.21. The number of rotatable bonds is 12. The second-order valence-corrected chi connectivity index (χ2v) is 15.0. The van der Waals surface area contributed by atoms with E-state index in [0.29, 0.717) is 17.8 Å². The highest BCUT2D eigenvalue weighted by Crippen LogP contribution is 2.37. The van der Waals surface area contributed by atoms with E-state index >= 15 is 0 Å². The molecule has 5 nitrogen and oxygen atoms in total. The van der Waals surface area contributed by atoms with Crippen molar-refractivity contribution in [3.05, 3.63) is 132 Å². The Bertz CT molecular complexity index is 2310. The number of hydrogen-bond donors (Lipinski definition) is 0. The first kappa shape index (κ1) is 34.3. The lowest BCUT2D eigenvalue weighted by molar-refractivity contribution is 0.481. The van der Waals surface area contributed by atoms with Gasteiger partial charge in [-0.1, -0.05) is 84.4 Å². The second-order valence-electron chi connectivity index (χ2n) is 15.0. The number of ether oxygens (including phenoxy) is 1. The van der Waals surface area contributed by atoms with Crippen molar-refractivity contribution in [2.75, 3.05) is 0 Å². The molecule has 51 heavy (non-hydrogen) atoms. The molecule has 0 radical (unpaired) electrons. The normalized spacial score (nSPS) is 12.4. The van der Waals surface area contributed by atoms with Crippen molar-refractivity contribution < 1.29 is 4.74 Å². The third-order valence-corrected chi connectivity index (χ3v) is 10.3. The SMILES string of the molecule is CCC(C)Cc1cccc(C)c1-c1cnn(-c2cc(Oc3ccc4c5ccccc5n(-c5cc(CCC(C)C)ccn5)c4c3)cc(C(C)C)c2)c1. The summed E-state index contributed by atoms with van der Waals surface area (Å²) >= 11 is 0. The predicted molar refractivity (Wildman–Crippen MR) is 213 cm³/mol. The summed E-state index contributed by atoms with van der Waals surface area (Å²) in [6, 6.07) is 32.5. The van der Waals surface area contributed by atoms with E-state index in [1.807, 2.05) is 17.1 Å². The van der Waals surface area contributed by atoms with Crippen LogP contribution in [0.25, 0.3) is 44.4 Å². The zero-order chi connectivity index (χ0) is 35.6. The van der Waals surface area contributed by atoms with E-state index < -0.39 is 0 Å². The zero-order valence-electron chi connectivity index (χ0n) is 31.1. The molecule has 0 bridgehead atoms. The summed E-state index contributed by atoms with van der Waals surface area (Å²) in [5, 5.41) is 7.26. The van der Waals surface area contributed by atoms with Crippen LogP contribution in [0.15, 0.2) is 110 Å². The fourth-order valence-corrected chi connectivity index (χ4v) is 7.15. The molecule has 260 valence electrons. The molecule has 0 amide bonds. The van der Waals surface area contributed by atoms with E-state index in [4.69, 9.17) is 14.8 Å². The Hall–Kier alpha value is -5.16. The van der Waals surface area contributed by atoms with Crippen LogP contribution < -0.4 is 4.74 Å². The predicted octanol–water partition coefficient (Wildman–Crippen LogP) is 12.4.